The Bertz CT molecular complexity index is 485. The predicted molar refractivity (Wildman–Crippen MR) is 54.4 cm³/mol. The Balaban J connectivity index is 2.45. The first kappa shape index (κ1) is 10.3. The molecule has 0 atom stereocenters. The minimum Gasteiger partial charge on any atom is -0.383 e. The molecule has 1 aromatic carbocycles. The molecular formula is C9H9ClFN3O. The number of benzene rings is 1. The van der Waals surface area contributed by atoms with Crippen LogP contribution in [0.3, 0.4) is 0 Å². The molecule has 0 aliphatic rings. The summed E-state index contributed by atoms with van der Waals surface area (Å²) in [5, 5.41) is 7.78. The minimum absolute atomic E-state index is 0.0727. The zero-order valence-corrected chi connectivity index (χ0v) is 8.83. The molecule has 0 aliphatic carbocycles. The molecule has 15 heavy (non-hydrogen) atoms. The van der Waals surface area contributed by atoms with E-state index in [9.17, 15) is 4.39 Å². The number of hydrogen-bond acceptors (Lipinski definition) is 3. The number of hydrogen-bond donors (Lipinski definition) is 0. The average Bonchev–Trinajstić information content (AvgIpc) is 2.59. The molecule has 0 N–H and O–H groups in total. The first-order valence-electron chi connectivity index (χ1n) is 4.39. The SMILES string of the molecule is COCCn1nnc2cc(F)c(Cl)cc21. The molecule has 0 spiro atoms. The van der Waals surface area contributed by atoms with E-state index in [0.29, 0.717) is 24.2 Å². The zero-order valence-electron chi connectivity index (χ0n) is 8.07. The van der Waals surface area contributed by atoms with Crippen molar-refractivity contribution in [1.82, 2.24) is 15.0 Å². The molecular weight excluding hydrogens is 221 g/mol. The summed E-state index contributed by atoms with van der Waals surface area (Å²) in [7, 11) is 1.60. The number of ether oxygens (including phenoxy) is 1. The molecule has 4 nitrogen and oxygen atoms in total. The van der Waals surface area contributed by atoms with Crippen molar-refractivity contribution >= 4 is 22.6 Å². The zero-order chi connectivity index (χ0) is 10.8. The molecule has 1 heterocycles. The smallest absolute Gasteiger partial charge is 0.144 e. The lowest BCUT2D eigenvalue weighted by atomic mass is 10.3. The van der Waals surface area contributed by atoms with Gasteiger partial charge in [-0.05, 0) is 6.07 Å². The van der Waals surface area contributed by atoms with Gasteiger partial charge >= 0.3 is 0 Å². The van der Waals surface area contributed by atoms with E-state index < -0.39 is 5.82 Å². The molecule has 0 fully saturated rings. The second-order valence-corrected chi connectivity index (χ2v) is 3.47. The van der Waals surface area contributed by atoms with Crippen LogP contribution in [-0.4, -0.2) is 28.7 Å². The second-order valence-electron chi connectivity index (χ2n) is 3.06. The van der Waals surface area contributed by atoms with E-state index in [-0.39, 0.29) is 5.02 Å². The topological polar surface area (TPSA) is 39.9 Å². The van der Waals surface area contributed by atoms with Gasteiger partial charge in [-0.25, -0.2) is 9.07 Å². The van der Waals surface area contributed by atoms with Crippen molar-refractivity contribution < 1.29 is 9.13 Å². The van der Waals surface area contributed by atoms with Gasteiger partial charge in [0.25, 0.3) is 0 Å². The molecule has 0 unspecified atom stereocenters. The predicted octanol–water partition coefficient (Wildman–Crippen LogP) is 1.87. The van der Waals surface area contributed by atoms with Gasteiger partial charge in [0.15, 0.2) is 0 Å². The lowest BCUT2D eigenvalue weighted by molar-refractivity contribution is 0.184. The highest BCUT2D eigenvalue weighted by molar-refractivity contribution is 6.31. The van der Waals surface area contributed by atoms with Crippen molar-refractivity contribution in [2.45, 2.75) is 6.54 Å². The Hall–Kier alpha value is -1.20. The maximum Gasteiger partial charge on any atom is 0.144 e. The van der Waals surface area contributed by atoms with Crippen LogP contribution in [0.1, 0.15) is 0 Å². The van der Waals surface area contributed by atoms with Crippen molar-refractivity contribution in [3.8, 4) is 0 Å². The van der Waals surface area contributed by atoms with Crippen LogP contribution < -0.4 is 0 Å². The van der Waals surface area contributed by atoms with Gasteiger partial charge in [-0.15, -0.1) is 5.10 Å². The van der Waals surface area contributed by atoms with Gasteiger partial charge in [0.2, 0.25) is 0 Å². The largest absolute Gasteiger partial charge is 0.383 e. The van der Waals surface area contributed by atoms with E-state index in [1.165, 1.54) is 12.1 Å². The number of rotatable bonds is 3. The van der Waals surface area contributed by atoms with E-state index in [0.717, 1.165) is 0 Å². The fourth-order valence-electron chi connectivity index (χ4n) is 1.31. The normalized spacial score (nSPS) is 11.1. The number of fused-ring (bicyclic) bond motifs is 1. The molecule has 0 saturated heterocycles. The summed E-state index contributed by atoms with van der Waals surface area (Å²) >= 11 is 5.68. The van der Waals surface area contributed by atoms with Crippen molar-refractivity contribution in [3.05, 3.63) is 23.0 Å². The number of aromatic nitrogens is 3. The highest BCUT2D eigenvalue weighted by atomic mass is 35.5. The van der Waals surface area contributed by atoms with Crippen molar-refractivity contribution in [2.75, 3.05) is 13.7 Å². The monoisotopic (exact) mass is 229 g/mol. The third-order valence-corrected chi connectivity index (χ3v) is 2.35. The molecule has 0 radical (unpaired) electrons. The van der Waals surface area contributed by atoms with E-state index >= 15 is 0 Å². The number of halogens is 2. The number of methoxy groups -OCH3 is 1. The Labute approximate surface area is 90.6 Å². The van der Waals surface area contributed by atoms with Gasteiger partial charge < -0.3 is 4.74 Å². The lowest BCUT2D eigenvalue weighted by Gasteiger charge is -2.01. The van der Waals surface area contributed by atoms with Crippen LogP contribution in [0.5, 0.6) is 0 Å². The molecule has 0 aliphatic heterocycles. The van der Waals surface area contributed by atoms with Gasteiger partial charge in [0, 0.05) is 13.2 Å². The van der Waals surface area contributed by atoms with E-state index in [1.807, 2.05) is 0 Å². The molecule has 0 amide bonds. The van der Waals surface area contributed by atoms with Gasteiger partial charge in [0.1, 0.15) is 11.3 Å². The third kappa shape index (κ3) is 1.93. The van der Waals surface area contributed by atoms with Crippen molar-refractivity contribution in [1.29, 1.82) is 0 Å². The summed E-state index contributed by atoms with van der Waals surface area (Å²) < 4.78 is 19.6. The summed E-state index contributed by atoms with van der Waals surface area (Å²) in [6.45, 7) is 1.09. The summed E-state index contributed by atoms with van der Waals surface area (Å²) in [5.41, 5.74) is 1.20. The fraction of sp³-hybridized carbons (Fsp3) is 0.333. The van der Waals surface area contributed by atoms with Crippen LogP contribution in [0.4, 0.5) is 4.39 Å². The van der Waals surface area contributed by atoms with E-state index in [4.69, 9.17) is 16.3 Å². The fourth-order valence-corrected chi connectivity index (χ4v) is 1.46. The maximum atomic E-state index is 13.1. The Morgan fingerprint density at radius 3 is 3.07 bits per heavy atom. The average molecular weight is 230 g/mol. The molecule has 2 rings (SSSR count). The molecule has 0 bridgehead atoms. The summed E-state index contributed by atoms with van der Waals surface area (Å²) in [4.78, 5) is 0. The van der Waals surface area contributed by atoms with Gasteiger partial charge in [-0.1, -0.05) is 16.8 Å². The van der Waals surface area contributed by atoms with Crippen LogP contribution in [0.2, 0.25) is 5.02 Å². The Kier molecular flexibility index (Phi) is 2.83. The molecule has 2 aromatic rings. The summed E-state index contributed by atoms with van der Waals surface area (Å²) in [5.74, 6) is -0.483. The van der Waals surface area contributed by atoms with Crippen molar-refractivity contribution in [3.63, 3.8) is 0 Å². The Morgan fingerprint density at radius 2 is 2.33 bits per heavy atom. The summed E-state index contributed by atoms with van der Waals surface area (Å²) in [6.07, 6.45) is 0. The van der Waals surface area contributed by atoms with Crippen LogP contribution >= 0.6 is 11.6 Å². The van der Waals surface area contributed by atoms with Crippen LogP contribution in [0.15, 0.2) is 12.1 Å². The van der Waals surface area contributed by atoms with Crippen LogP contribution in [-0.2, 0) is 11.3 Å². The first-order chi connectivity index (χ1) is 7.22. The number of nitrogens with zero attached hydrogens (tertiary/aromatic N) is 3. The molecule has 80 valence electrons. The minimum atomic E-state index is -0.483. The third-order valence-electron chi connectivity index (χ3n) is 2.06. The Morgan fingerprint density at radius 1 is 1.53 bits per heavy atom. The molecule has 6 heteroatoms. The molecule has 1 aromatic heterocycles. The van der Waals surface area contributed by atoms with Gasteiger partial charge in [-0.2, -0.15) is 0 Å². The standard InChI is InChI=1S/C9H9ClFN3O/c1-15-3-2-14-9-4-6(10)7(11)5-8(9)12-13-14/h4-5H,2-3H2,1H3. The van der Waals surface area contributed by atoms with E-state index in [2.05, 4.69) is 10.3 Å². The highest BCUT2D eigenvalue weighted by Crippen LogP contribution is 2.20. The maximum absolute atomic E-state index is 13.1. The van der Waals surface area contributed by atoms with Crippen molar-refractivity contribution in [2.24, 2.45) is 0 Å². The van der Waals surface area contributed by atoms with Crippen LogP contribution in [0, 0.1) is 5.82 Å². The highest BCUT2D eigenvalue weighted by Gasteiger charge is 2.08. The summed E-state index contributed by atoms with van der Waals surface area (Å²) in [6, 6.07) is 2.79. The van der Waals surface area contributed by atoms with Gasteiger partial charge in [0.05, 0.1) is 23.7 Å². The van der Waals surface area contributed by atoms with Gasteiger partial charge in [-0.3, -0.25) is 0 Å². The molecule has 0 saturated carbocycles. The second kappa shape index (κ2) is 4.12. The van der Waals surface area contributed by atoms with Crippen LogP contribution in [0.25, 0.3) is 11.0 Å². The lowest BCUT2D eigenvalue weighted by Crippen LogP contribution is -2.05. The quantitative estimate of drug-likeness (QED) is 0.807. The first-order valence-corrected chi connectivity index (χ1v) is 4.77. The van der Waals surface area contributed by atoms with E-state index in [1.54, 1.807) is 11.8 Å².